The highest BCUT2D eigenvalue weighted by Gasteiger charge is 2.10. The summed E-state index contributed by atoms with van der Waals surface area (Å²) in [5, 5.41) is 3.65. The summed E-state index contributed by atoms with van der Waals surface area (Å²) in [4.78, 5) is 0. The van der Waals surface area contributed by atoms with Gasteiger partial charge >= 0.3 is 0 Å². The Labute approximate surface area is 84.5 Å². The first-order valence-corrected chi connectivity index (χ1v) is 7.19. The Morgan fingerprint density at radius 3 is 2.38 bits per heavy atom. The van der Waals surface area contributed by atoms with Crippen molar-refractivity contribution in [3.05, 3.63) is 47.8 Å². The van der Waals surface area contributed by atoms with Crippen LogP contribution >= 0.6 is 11.3 Å². The van der Waals surface area contributed by atoms with Crippen LogP contribution in [0.25, 0.3) is 0 Å². The standard InChI is InChI=1S/C11H11SSi/c1-13(11-8-5-9-12-11)10-6-3-2-4-7-10/h2-9H,1H3. The molecule has 0 nitrogen and oxygen atoms in total. The van der Waals surface area contributed by atoms with Crippen molar-refractivity contribution in [1.82, 2.24) is 0 Å². The SMILES string of the molecule is C[Si](c1ccccc1)c1cccs1. The third-order valence-electron chi connectivity index (χ3n) is 2.10. The van der Waals surface area contributed by atoms with Crippen molar-refractivity contribution in [3.63, 3.8) is 0 Å². The molecule has 0 N–H and O–H groups in total. The Morgan fingerprint density at radius 1 is 1.00 bits per heavy atom. The molecule has 2 rings (SSSR count). The highest BCUT2D eigenvalue weighted by atomic mass is 32.1. The Bertz CT molecular complexity index is 353. The van der Waals surface area contributed by atoms with Gasteiger partial charge in [-0.2, -0.15) is 11.3 Å². The van der Waals surface area contributed by atoms with Gasteiger partial charge in [-0.15, -0.1) is 0 Å². The van der Waals surface area contributed by atoms with Crippen LogP contribution in [0, 0.1) is 0 Å². The second-order valence-corrected chi connectivity index (χ2v) is 6.64. The van der Waals surface area contributed by atoms with Gasteiger partial charge in [0.25, 0.3) is 0 Å². The van der Waals surface area contributed by atoms with Gasteiger partial charge in [-0.3, -0.25) is 0 Å². The summed E-state index contributed by atoms with van der Waals surface area (Å²) in [5.74, 6) is 0. The summed E-state index contributed by atoms with van der Waals surface area (Å²) < 4.78 is 1.54. The summed E-state index contributed by atoms with van der Waals surface area (Å²) in [5.41, 5.74) is 0. The molecule has 1 aromatic carbocycles. The molecule has 13 heavy (non-hydrogen) atoms. The Morgan fingerprint density at radius 2 is 1.77 bits per heavy atom. The van der Waals surface area contributed by atoms with Crippen molar-refractivity contribution in [1.29, 1.82) is 0 Å². The minimum atomic E-state index is -0.483. The van der Waals surface area contributed by atoms with E-state index in [0.29, 0.717) is 0 Å². The minimum absolute atomic E-state index is 0.483. The highest BCUT2D eigenvalue weighted by Crippen LogP contribution is 1.97. The topological polar surface area (TPSA) is 0 Å². The van der Waals surface area contributed by atoms with Crippen LogP contribution in [-0.2, 0) is 0 Å². The number of hydrogen-bond donors (Lipinski definition) is 0. The van der Waals surface area contributed by atoms with Gasteiger partial charge in [-0.05, 0) is 9.88 Å². The molecule has 0 saturated heterocycles. The average molecular weight is 203 g/mol. The van der Waals surface area contributed by atoms with E-state index in [9.17, 15) is 0 Å². The zero-order chi connectivity index (χ0) is 9.10. The molecular weight excluding hydrogens is 192 g/mol. The van der Waals surface area contributed by atoms with Crippen molar-refractivity contribution >= 4 is 29.8 Å². The first-order chi connectivity index (χ1) is 6.38. The Kier molecular flexibility index (Phi) is 2.61. The fraction of sp³-hybridized carbons (Fsp3) is 0.0909. The van der Waals surface area contributed by atoms with Crippen LogP contribution in [0.3, 0.4) is 0 Å². The average Bonchev–Trinajstić information content (AvgIpc) is 2.71. The lowest BCUT2D eigenvalue weighted by Crippen LogP contribution is -2.36. The number of rotatable bonds is 2. The normalized spacial score (nSPS) is 10.6. The zero-order valence-electron chi connectivity index (χ0n) is 7.53. The van der Waals surface area contributed by atoms with Gasteiger partial charge in [0.05, 0.1) is 0 Å². The van der Waals surface area contributed by atoms with E-state index in [1.54, 1.807) is 0 Å². The summed E-state index contributed by atoms with van der Waals surface area (Å²) in [6.45, 7) is 2.35. The van der Waals surface area contributed by atoms with Crippen molar-refractivity contribution in [3.8, 4) is 0 Å². The zero-order valence-corrected chi connectivity index (χ0v) is 9.34. The molecule has 0 aliphatic rings. The predicted molar refractivity (Wildman–Crippen MR) is 61.6 cm³/mol. The van der Waals surface area contributed by atoms with E-state index in [-0.39, 0.29) is 0 Å². The fourth-order valence-electron chi connectivity index (χ4n) is 1.32. The van der Waals surface area contributed by atoms with Crippen molar-refractivity contribution in [2.24, 2.45) is 0 Å². The van der Waals surface area contributed by atoms with Gasteiger partial charge < -0.3 is 0 Å². The van der Waals surface area contributed by atoms with Crippen molar-refractivity contribution < 1.29 is 0 Å². The smallest absolute Gasteiger partial charge is 0.131 e. The van der Waals surface area contributed by atoms with Gasteiger partial charge in [0.15, 0.2) is 0 Å². The summed E-state index contributed by atoms with van der Waals surface area (Å²) in [6.07, 6.45) is 0. The van der Waals surface area contributed by atoms with Gasteiger partial charge in [0.2, 0.25) is 0 Å². The predicted octanol–water partition coefficient (Wildman–Crippen LogP) is 1.99. The van der Waals surface area contributed by atoms with Crippen LogP contribution in [0.2, 0.25) is 6.55 Å². The molecule has 2 heteroatoms. The molecule has 0 bridgehead atoms. The molecule has 1 radical (unpaired) electrons. The molecule has 0 spiro atoms. The Balaban J connectivity index is 2.29. The maximum atomic E-state index is 2.35. The van der Waals surface area contributed by atoms with Gasteiger partial charge in [-0.25, -0.2) is 0 Å². The molecule has 2 aromatic rings. The summed E-state index contributed by atoms with van der Waals surface area (Å²) in [7, 11) is -0.483. The van der Waals surface area contributed by atoms with Crippen LogP contribution in [0.1, 0.15) is 0 Å². The van der Waals surface area contributed by atoms with E-state index >= 15 is 0 Å². The molecule has 0 aliphatic carbocycles. The van der Waals surface area contributed by atoms with E-state index in [1.807, 2.05) is 11.3 Å². The van der Waals surface area contributed by atoms with Crippen molar-refractivity contribution in [2.75, 3.05) is 0 Å². The number of thiophene rings is 1. The lowest BCUT2D eigenvalue weighted by atomic mass is 10.4. The minimum Gasteiger partial charge on any atom is -0.153 e. The van der Waals surface area contributed by atoms with E-state index < -0.39 is 8.80 Å². The van der Waals surface area contributed by atoms with E-state index in [1.165, 1.54) is 9.69 Å². The molecule has 1 heterocycles. The lowest BCUT2D eigenvalue weighted by Gasteiger charge is -2.06. The molecule has 0 aliphatic heterocycles. The third kappa shape index (κ3) is 1.90. The second kappa shape index (κ2) is 3.90. The fourth-order valence-corrected chi connectivity index (χ4v) is 4.37. The van der Waals surface area contributed by atoms with Gasteiger partial charge in [0, 0.05) is 0 Å². The quantitative estimate of drug-likeness (QED) is 0.655. The van der Waals surface area contributed by atoms with E-state index in [4.69, 9.17) is 0 Å². The second-order valence-electron chi connectivity index (χ2n) is 2.97. The third-order valence-corrected chi connectivity index (χ3v) is 6.16. The van der Waals surface area contributed by atoms with Gasteiger partial charge in [0.1, 0.15) is 8.80 Å². The number of benzene rings is 1. The van der Waals surface area contributed by atoms with Crippen LogP contribution in [-0.4, -0.2) is 8.80 Å². The maximum Gasteiger partial charge on any atom is 0.131 e. The van der Waals surface area contributed by atoms with Crippen LogP contribution in [0.5, 0.6) is 0 Å². The summed E-state index contributed by atoms with van der Waals surface area (Å²) in [6, 6.07) is 15.2. The monoisotopic (exact) mass is 203 g/mol. The molecule has 0 fully saturated rings. The number of hydrogen-bond acceptors (Lipinski definition) is 1. The maximum absolute atomic E-state index is 2.35. The first-order valence-electron chi connectivity index (χ1n) is 4.31. The van der Waals surface area contributed by atoms with E-state index in [2.05, 4.69) is 54.4 Å². The molecule has 1 aromatic heterocycles. The van der Waals surface area contributed by atoms with Crippen LogP contribution in [0.4, 0.5) is 0 Å². The molecule has 0 unspecified atom stereocenters. The first kappa shape index (κ1) is 8.72. The largest absolute Gasteiger partial charge is 0.153 e. The van der Waals surface area contributed by atoms with Gasteiger partial charge in [-0.1, -0.05) is 54.2 Å². The van der Waals surface area contributed by atoms with E-state index in [0.717, 1.165) is 0 Å². The molecule has 0 amide bonds. The van der Waals surface area contributed by atoms with Crippen molar-refractivity contribution in [2.45, 2.75) is 6.55 Å². The highest BCUT2D eigenvalue weighted by molar-refractivity contribution is 7.23. The van der Waals surface area contributed by atoms with Crippen LogP contribution in [0.15, 0.2) is 47.8 Å². The summed E-state index contributed by atoms with van der Waals surface area (Å²) >= 11 is 1.87. The molecule has 0 saturated carbocycles. The molecule has 65 valence electrons. The van der Waals surface area contributed by atoms with Crippen LogP contribution < -0.4 is 9.69 Å². The molecule has 0 atom stereocenters. The Hall–Kier alpha value is -0.863. The lowest BCUT2D eigenvalue weighted by molar-refractivity contribution is 1.75. The molecular formula is C11H11SSi.